The maximum Gasteiger partial charge on any atom is 0.337 e. The molecule has 0 aliphatic heterocycles. The van der Waals surface area contributed by atoms with Crippen molar-refractivity contribution >= 4 is 5.97 Å². The van der Waals surface area contributed by atoms with Crippen LogP contribution in [0.2, 0.25) is 0 Å². The van der Waals surface area contributed by atoms with Crippen LogP contribution in [0.4, 0.5) is 4.39 Å². The van der Waals surface area contributed by atoms with Crippen LogP contribution in [0, 0.1) is 5.82 Å². The fraction of sp³-hybridized carbons (Fsp3) is 0.222. The lowest BCUT2D eigenvalue weighted by Gasteiger charge is -2.10. The van der Waals surface area contributed by atoms with Crippen molar-refractivity contribution in [3.63, 3.8) is 0 Å². The third kappa shape index (κ3) is 2.00. The molecule has 0 amide bonds. The second-order valence-electron chi connectivity index (χ2n) is 2.63. The Kier molecular flexibility index (Phi) is 3.03. The van der Waals surface area contributed by atoms with Crippen LogP contribution in [0.25, 0.3) is 0 Å². The lowest BCUT2D eigenvalue weighted by Crippen LogP contribution is -2.11. The highest BCUT2D eigenvalue weighted by molar-refractivity contribution is 5.75. The Labute approximate surface area is 79.6 Å². The lowest BCUT2D eigenvalue weighted by atomic mass is 10.1. The van der Waals surface area contributed by atoms with E-state index < -0.39 is 17.9 Å². The van der Waals surface area contributed by atoms with Gasteiger partial charge in [-0.15, -0.1) is 0 Å². The number of aliphatic hydroxyl groups is 1. The van der Waals surface area contributed by atoms with Crippen molar-refractivity contribution in [1.29, 1.82) is 0 Å². The SMILES string of the molecule is COc1cc(F)ccc1[C@@H](O)C(=O)O. The normalized spacial score (nSPS) is 12.2. The number of carboxylic acids is 1. The van der Waals surface area contributed by atoms with Gasteiger partial charge in [0.15, 0.2) is 6.10 Å². The smallest absolute Gasteiger partial charge is 0.337 e. The zero-order valence-corrected chi connectivity index (χ0v) is 7.40. The van der Waals surface area contributed by atoms with Gasteiger partial charge in [-0.2, -0.15) is 0 Å². The maximum atomic E-state index is 12.7. The van der Waals surface area contributed by atoms with Crippen molar-refractivity contribution < 1.29 is 24.1 Å². The van der Waals surface area contributed by atoms with Gasteiger partial charge in [0.25, 0.3) is 0 Å². The second kappa shape index (κ2) is 4.06. The molecule has 0 spiro atoms. The molecule has 0 aliphatic rings. The first-order valence-electron chi connectivity index (χ1n) is 3.80. The molecular formula is C9H9FO4. The summed E-state index contributed by atoms with van der Waals surface area (Å²) in [5.74, 6) is -1.95. The highest BCUT2D eigenvalue weighted by atomic mass is 19.1. The molecule has 1 atom stereocenters. The Bertz CT molecular complexity index is 351. The summed E-state index contributed by atoms with van der Waals surface area (Å²) in [6.45, 7) is 0. The molecule has 0 heterocycles. The van der Waals surface area contributed by atoms with E-state index in [0.717, 1.165) is 12.1 Å². The Morgan fingerprint density at radius 2 is 2.21 bits per heavy atom. The van der Waals surface area contributed by atoms with Gasteiger partial charge in [0.2, 0.25) is 0 Å². The van der Waals surface area contributed by atoms with Crippen LogP contribution < -0.4 is 4.74 Å². The second-order valence-corrected chi connectivity index (χ2v) is 2.63. The van der Waals surface area contributed by atoms with Crippen molar-refractivity contribution in [1.82, 2.24) is 0 Å². The predicted molar refractivity (Wildman–Crippen MR) is 45.5 cm³/mol. The molecule has 0 radical (unpaired) electrons. The van der Waals surface area contributed by atoms with Crippen LogP contribution in [0.15, 0.2) is 18.2 Å². The molecule has 1 aromatic rings. The zero-order valence-electron chi connectivity index (χ0n) is 7.40. The van der Waals surface area contributed by atoms with Crippen LogP contribution in [0.3, 0.4) is 0 Å². The third-order valence-corrected chi connectivity index (χ3v) is 1.72. The molecule has 14 heavy (non-hydrogen) atoms. The van der Waals surface area contributed by atoms with Crippen molar-refractivity contribution in [2.24, 2.45) is 0 Å². The van der Waals surface area contributed by atoms with Crippen LogP contribution in [0.5, 0.6) is 5.75 Å². The number of carboxylic acid groups (broad SMARTS) is 1. The third-order valence-electron chi connectivity index (χ3n) is 1.72. The van der Waals surface area contributed by atoms with Crippen LogP contribution in [0.1, 0.15) is 11.7 Å². The number of ether oxygens (including phenoxy) is 1. The maximum absolute atomic E-state index is 12.7. The minimum Gasteiger partial charge on any atom is -0.496 e. The molecule has 0 saturated carbocycles. The van der Waals surface area contributed by atoms with E-state index in [1.807, 2.05) is 0 Å². The summed E-state index contributed by atoms with van der Waals surface area (Å²) < 4.78 is 17.4. The molecule has 0 fully saturated rings. The molecule has 0 aromatic heterocycles. The standard InChI is InChI=1S/C9H9FO4/c1-14-7-4-5(10)2-3-6(7)8(11)9(12)13/h2-4,8,11H,1H3,(H,12,13)/t8-/m1/s1. The van der Waals surface area contributed by atoms with Crippen molar-refractivity contribution in [3.05, 3.63) is 29.6 Å². The van der Waals surface area contributed by atoms with Gasteiger partial charge < -0.3 is 14.9 Å². The number of hydrogen-bond donors (Lipinski definition) is 2. The Morgan fingerprint density at radius 1 is 1.57 bits per heavy atom. The summed E-state index contributed by atoms with van der Waals surface area (Å²) in [6, 6.07) is 3.25. The average Bonchev–Trinajstić information content (AvgIpc) is 2.16. The minimum absolute atomic E-state index is 0.0138. The summed E-state index contributed by atoms with van der Waals surface area (Å²) in [6.07, 6.45) is -1.70. The van der Waals surface area contributed by atoms with Gasteiger partial charge in [-0.3, -0.25) is 0 Å². The van der Waals surface area contributed by atoms with Gasteiger partial charge >= 0.3 is 5.97 Å². The Balaban J connectivity index is 3.13. The Hall–Kier alpha value is -1.62. The highest BCUT2D eigenvalue weighted by Crippen LogP contribution is 2.25. The van der Waals surface area contributed by atoms with E-state index in [-0.39, 0.29) is 11.3 Å². The quantitative estimate of drug-likeness (QED) is 0.762. The van der Waals surface area contributed by atoms with Gasteiger partial charge in [0.1, 0.15) is 11.6 Å². The fourth-order valence-electron chi connectivity index (χ4n) is 1.04. The molecule has 2 N–H and O–H groups in total. The molecule has 0 unspecified atom stereocenters. The minimum atomic E-state index is -1.70. The number of benzene rings is 1. The summed E-state index contributed by atoms with van der Waals surface area (Å²) in [7, 11) is 1.27. The summed E-state index contributed by atoms with van der Waals surface area (Å²) >= 11 is 0. The van der Waals surface area contributed by atoms with E-state index in [4.69, 9.17) is 9.84 Å². The molecule has 76 valence electrons. The summed E-state index contributed by atoms with van der Waals surface area (Å²) in [4.78, 5) is 10.5. The monoisotopic (exact) mass is 200 g/mol. The van der Waals surface area contributed by atoms with Crippen molar-refractivity contribution in [3.8, 4) is 5.75 Å². The topological polar surface area (TPSA) is 66.8 Å². The van der Waals surface area contributed by atoms with Crippen LogP contribution in [-0.2, 0) is 4.79 Å². The number of hydrogen-bond acceptors (Lipinski definition) is 3. The molecule has 1 rings (SSSR count). The van der Waals surface area contributed by atoms with E-state index in [0.29, 0.717) is 0 Å². The van der Waals surface area contributed by atoms with Gasteiger partial charge in [-0.05, 0) is 12.1 Å². The molecule has 0 aliphatic carbocycles. The van der Waals surface area contributed by atoms with Gasteiger partial charge in [-0.25, -0.2) is 9.18 Å². The molecule has 0 bridgehead atoms. The predicted octanol–water partition coefficient (Wildman–Crippen LogP) is 0.952. The first-order chi connectivity index (χ1) is 6.56. The number of halogens is 1. The number of aliphatic carboxylic acids is 1. The molecular weight excluding hydrogens is 191 g/mol. The molecule has 1 aromatic carbocycles. The van der Waals surface area contributed by atoms with E-state index in [2.05, 4.69) is 0 Å². The molecule has 5 heteroatoms. The molecule has 4 nitrogen and oxygen atoms in total. The van der Waals surface area contributed by atoms with E-state index in [9.17, 15) is 14.3 Å². The number of methoxy groups -OCH3 is 1. The van der Waals surface area contributed by atoms with Crippen molar-refractivity contribution in [2.75, 3.05) is 7.11 Å². The van der Waals surface area contributed by atoms with Crippen LogP contribution in [-0.4, -0.2) is 23.3 Å². The highest BCUT2D eigenvalue weighted by Gasteiger charge is 2.20. The van der Waals surface area contributed by atoms with E-state index >= 15 is 0 Å². The van der Waals surface area contributed by atoms with Gasteiger partial charge in [-0.1, -0.05) is 0 Å². The summed E-state index contributed by atoms with van der Waals surface area (Å²) in [5, 5.41) is 17.7. The Morgan fingerprint density at radius 3 is 2.71 bits per heavy atom. The van der Waals surface area contributed by atoms with Crippen molar-refractivity contribution in [2.45, 2.75) is 6.10 Å². The first kappa shape index (κ1) is 10.5. The lowest BCUT2D eigenvalue weighted by molar-refractivity contribution is -0.147. The largest absolute Gasteiger partial charge is 0.496 e. The van der Waals surface area contributed by atoms with E-state index in [1.165, 1.54) is 13.2 Å². The summed E-state index contributed by atoms with van der Waals surface area (Å²) in [5.41, 5.74) is 0.0291. The van der Waals surface area contributed by atoms with Crippen LogP contribution >= 0.6 is 0 Å². The van der Waals surface area contributed by atoms with E-state index in [1.54, 1.807) is 0 Å². The number of rotatable bonds is 3. The molecule has 0 saturated heterocycles. The average molecular weight is 200 g/mol. The van der Waals surface area contributed by atoms with Gasteiger partial charge in [0.05, 0.1) is 7.11 Å². The number of carbonyl (C=O) groups is 1. The van der Waals surface area contributed by atoms with Gasteiger partial charge in [0, 0.05) is 11.6 Å². The fourth-order valence-corrected chi connectivity index (χ4v) is 1.04. The zero-order chi connectivity index (χ0) is 10.7. The first-order valence-corrected chi connectivity index (χ1v) is 3.80. The number of aliphatic hydroxyl groups excluding tert-OH is 1.